The average molecular weight is 254 g/mol. The van der Waals surface area contributed by atoms with Gasteiger partial charge in [0.1, 0.15) is 10.1 Å². The van der Waals surface area contributed by atoms with Gasteiger partial charge in [-0.2, -0.15) is 0 Å². The summed E-state index contributed by atoms with van der Waals surface area (Å²) >= 11 is 7.07. The number of nitrogens with two attached hydrogens (primary N) is 1. The van der Waals surface area contributed by atoms with Crippen LogP contribution in [0.25, 0.3) is 0 Å². The molecule has 0 amide bonds. The van der Waals surface area contributed by atoms with Crippen LogP contribution in [0.5, 0.6) is 0 Å². The van der Waals surface area contributed by atoms with Crippen molar-refractivity contribution >= 4 is 29.1 Å². The monoisotopic (exact) mass is 253 g/mol. The summed E-state index contributed by atoms with van der Waals surface area (Å²) in [5.74, 6) is 0. The van der Waals surface area contributed by atoms with E-state index in [1.165, 1.54) is 11.8 Å². The van der Waals surface area contributed by atoms with E-state index >= 15 is 0 Å². The molecule has 0 aliphatic heterocycles. The zero-order valence-electron chi connectivity index (χ0n) is 8.38. The van der Waals surface area contributed by atoms with Crippen LogP contribution in [0.15, 0.2) is 28.6 Å². The van der Waals surface area contributed by atoms with Gasteiger partial charge in [-0.3, -0.25) is 4.98 Å². The minimum Gasteiger partial charge on any atom is -0.395 e. The number of hydrogen-bond acceptors (Lipinski definition) is 6. The van der Waals surface area contributed by atoms with Gasteiger partial charge in [-0.1, -0.05) is 0 Å². The smallest absolute Gasteiger partial charge is 0.223 e. The largest absolute Gasteiger partial charge is 0.395 e. The number of hydrogen-bond donors (Lipinski definition) is 1. The zero-order valence-corrected chi connectivity index (χ0v) is 9.96. The van der Waals surface area contributed by atoms with E-state index < -0.39 is 0 Å². The summed E-state index contributed by atoms with van der Waals surface area (Å²) in [6.07, 6.45) is 4.84. The van der Waals surface area contributed by atoms with E-state index in [4.69, 9.17) is 17.3 Å². The van der Waals surface area contributed by atoms with Crippen LogP contribution < -0.4 is 5.73 Å². The van der Waals surface area contributed by atoms with Crippen LogP contribution in [-0.4, -0.2) is 19.9 Å². The van der Waals surface area contributed by atoms with Crippen molar-refractivity contribution in [1.29, 1.82) is 0 Å². The molecule has 2 rings (SSSR count). The lowest BCUT2D eigenvalue weighted by Gasteiger charge is -2.05. The second-order valence-corrected chi connectivity index (χ2v) is 4.29. The highest BCUT2D eigenvalue weighted by molar-refractivity contribution is 7.99. The van der Waals surface area contributed by atoms with Gasteiger partial charge in [0.05, 0.1) is 17.6 Å². The molecule has 5 nitrogen and oxygen atoms in total. The minimum atomic E-state index is 0.179. The molecular formula is C9H8ClN5S. The van der Waals surface area contributed by atoms with Crippen LogP contribution in [0, 0.1) is 6.92 Å². The SMILES string of the molecule is Cc1nc(Cl)nc(Sc2cnccn2)c1N. The van der Waals surface area contributed by atoms with Crippen molar-refractivity contribution < 1.29 is 0 Å². The van der Waals surface area contributed by atoms with E-state index in [9.17, 15) is 0 Å². The molecule has 2 N–H and O–H groups in total. The van der Waals surface area contributed by atoms with Crippen molar-refractivity contribution in [3.05, 3.63) is 29.6 Å². The molecule has 7 heteroatoms. The maximum Gasteiger partial charge on any atom is 0.223 e. The lowest BCUT2D eigenvalue weighted by Crippen LogP contribution is -1.99. The van der Waals surface area contributed by atoms with Crippen molar-refractivity contribution in [2.75, 3.05) is 5.73 Å². The Kier molecular flexibility index (Phi) is 3.21. The van der Waals surface area contributed by atoms with Gasteiger partial charge >= 0.3 is 0 Å². The number of rotatable bonds is 2. The molecular weight excluding hydrogens is 246 g/mol. The molecule has 2 heterocycles. The highest BCUT2D eigenvalue weighted by Crippen LogP contribution is 2.30. The molecule has 16 heavy (non-hydrogen) atoms. The lowest BCUT2D eigenvalue weighted by atomic mass is 10.4. The molecule has 0 spiro atoms. The molecule has 0 aliphatic carbocycles. The first-order valence-electron chi connectivity index (χ1n) is 4.40. The van der Waals surface area contributed by atoms with Crippen molar-refractivity contribution in [1.82, 2.24) is 19.9 Å². The van der Waals surface area contributed by atoms with Gasteiger partial charge in [-0.05, 0) is 30.3 Å². The Balaban J connectivity index is 2.35. The molecule has 0 bridgehead atoms. The lowest BCUT2D eigenvalue weighted by molar-refractivity contribution is 1.00. The number of anilines is 1. The second-order valence-electron chi connectivity index (χ2n) is 2.94. The molecule has 0 aromatic carbocycles. The third-order valence-corrected chi connectivity index (χ3v) is 2.91. The fourth-order valence-electron chi connectivity index (χ4n) is 1.04. The van der Waals surface area contributed by atoms with Gasteiger partial charge in [0.25, 0.3) is 0 Å². The van der Waals surface area contributed by atoms with Crippen molar-refractivity contribution in [2.45, 2.75) is 17.0 Å². The second kappa shape index (κ2) is 4.63. The molecule has 0 saturated carbocycles. The van der Waals surface area contributed by atoms with Crippen LogP contribution in [0.4, 0.5) is 5.69 Å². The first-order valence-corrected chi connectivity index (χ1v) is 5.60. The summed E-state index contributed by atoms with van der Waals surface area (Å²) in [6, 6.07) is 0. The minimum absolute atomic E-state index is 0.179. The Morgan fingerprint density at radius 1 is 1.31 bits per heavy atom. The van der Waals surface area contributed by atoms with Crippen LogP contribution >= 0.6 is 23.4 Å². The van der Waals surface area contributed by atoms with Crippen molar-refractivity contribution in [3.63, 3.8) is 0 Å². The Morgan fingerprint density at radius 2 is 2.12 bits per heavy atom. The molecule has 0 atom stereocenters. The summed E-state index contributed by atoms with van der Waals surface area (Å²) in [5.41, 5.74) is 7.02. The average Bonchev–Trinajstić information content (AvgIpc) is 2.27. The number of nitrogen functional groups attached to an aromatic ring is 1. The number of halogens is 1. The van der Waals surface area contributed by atoms with Gasteiger partial charge in [0.2, 0.25) is 5.28 Å². The molecule has 0 unspecified atom stereocenters. The third kappa shape index (κ3) is 2.40. The number of nitrogens with zero attached hydrogens (tertiary/aromatic N) is 4. The van der Waals surface area contributed by atoms with Crippen LogP contribution in [0.1, 0.15) is 5.69 Å². The topological polar surface area (TPSA) is 77.6 Å². The molecule has 0 saturated heterocycles. The summed E-state index contributed by atoms with van der Waals surface area (Å²) in [4.78, 5) is 16.1. The zero-order chi connectivity index (χ0) is 11.5. The molecule has 2 aromatic heterocycles. The van der Waals surface area contributed by atoms with E-state index in [-0.39, 0.29) is 5.28 Å². The van der Waals surface area contributed by atoms with Crippen LogP contribution in [-0.2, 0) is 0 Å². The van der Waals surface area contributed by atoms with E-state index in [1.807, 2.05) is 0 Å². The van der Waals surface area contributed by atoms with Gasteiger partial charge in [-0.25, -0.2) is 15.0 Å². The summed E-state index contributed by atoms with van der Waals surface area (Å²) < 4.78 is 0. The normalized spacial score (nSPS) is 10.4. The fraction of sp³-hybridized carbons (Fsp3) is 0.111. The van der Waals surface area contributed by atoms with Crippen LogP contribution in [0.3, 0.4) is 0 Å². The quantitative estimate of drug-likeness (QED) is 0.651. The van der Waals surface area contributed by atoms with Gasteiger partial charge < -0.3 is 5.73 Å². The Morgan fingerprint density at radius 3 is 2.81 bits per heavy atom. The molecule has 0 radical (unpaired) electrons. The summed E-state index contributed by atoms with van der Waals surface area (Å²) in [7, 11) is 0. The Hall–Kier alpha value is -1.40. The van der Waals surface area contributed by atoms with E-state index in [2.05, 4.69) is 19.9 Å². The predicted molar refractivity (Wildman–Crippen MR) is 62.3 cm³/mol. The van der Waals surface area contributed by atoms with E-state index in [1.54, 1.807) is 25.5 Å². The fourth-order valence-corrected chi connectivity index (χ4v) is 2.11. The van der Waals surface area contributed by atoms with Crippen molar-refractivity contribution in [3.8, 4) is 0 Å². The maximum absolute atomic E-state index is 5.85. The third-order valence-electron chi connectivity index (χ3n) is 1.81. The van der Waals surface area contributed by atoms with E-state index in [0.29, 0.717) is 21.4 Å². The van der Waals surface area contributed by atoms with Gasteiger partial charge in [0.15, 0.2) is 0 Å². The standard InChI is InChI=1S/C9H8ClN5S/c1-5-7(11)8(15-9(10)14-5)16-6-4-12-2-3-13-6/h2-4H,11H2,1H3. The number of aromatic nitrogens is 4. The Labute approximate surface area is 101 Å². The Bertz CT molecular complexity index is 505. The van der Waals surface area contributed by atoms with Gasteiger partial charge in [-0.15, -0.1) is 0 Å². The van der Waals surface area contributed by atoms with E-state index in [0.717, 1.165) is 0 Å². The predicted octanol–water partition coefficient (Wildman–Crippen LogP) is 1.96. The molecule has 0 fully saturated rings. The molecule has 82 valence electrons. The summed E-state index contributed by atoms with van der Waals surface area (Å²) in [5, 5.41) is 1.49. The maximum atomic E-state index is 5.85. The summed E-state index contributed by atoms with van der Waals surface area (Å²) in [6.45, 7) is 1.78. The molecule has 2 aromatic rings. The first-order chi connectivity index (χ1) is 7.66. The van der Waals surface area contributed by atoms with Crippen molar-refractivity contribution in [2.24, 2.45) is 0 Å². The molecule has 0 aliphatic rings. The highest BCUT2D eigenvalue weighted by Gasteiger charge is 2.09. The van der Waals surface area contributed by atoms with Gasteiger partial charge in [0, 0.05) is 12.4 Å². The highest BCUT2D eigenvalue weighted by atomic mass is 35.5. The number of aryl methyl sites for hydroxylation is 1. The van der Waals surface area contributed by atoms with Crippen LogP contribution in [0.2, 0.25) is 5.28 Å². The first kappa shape index (κ1) is 11.1.